The van der Waals surface area contributed by atoms with Crippen LogP contribution in [0.5, 0.6) is 0 Å². The second-order valence-electron chi connectivity index (χ2n) is 4.52. The number of ether oxygens (including phenoxy) is 1. The van der Waals surface area contributed by atoms with E-state index >= 15 is 0 Å². The van der Waals surface area contributed by atoms with Crippen LogP contribution in [-0.2, 0) is 4.74 Å². The molecule has 0 spiro atoms. The Labute approximate surface area is 119 Å². The molecule has 0 aliphatic carbocycles. The SMILES string of the molecule is Cc1c(C(=O)N2CCOCC2)ccc([N+](=O)[O-])c1[N+](=O)[O-]. The number of morpholine rings is 1. The van der Waals surface area contributed by atoms with Gasteiger partial charge in [0.1, 0.15) is 0 Å². The third kappa shape index (κ3) is 2.82. The number of nitrogens with zero attached hydrogens (tertiary/aromatic N) is 3. The van der Waals surface area contributed by atoms with E-state index in [2.05, 4.69) is 0 Å². The van der Waals surface area contributed by atoms with Gasteiger partial charge in [-0.2, -0.15) is 0 Å². The zero-order chi connectivity index (χ0) is 15.6. The second-order valence-corrected chi connectivity index (χ2v) is 4.52. The average molecular weight is 295 g/mol. The first-order valence-electron chi connectivity index (χ1n) is 6.23. The Hall–Kier alpha value is -2.55. The molecule has 0 N–H and O–H groups in total. The van der Waals surface area contributed by atoms with E-state index in [1.807, 2.05) is 0 Å². The van der Waals surface area contributed by atoms with Crippen LogP contribution in [0.1, 0.15) is 15.9 Å². The van der Waals surface area contributed by atoms with Crippen LogP contribution in [0.4, 0.5) is 11.4 Å². The molecule has 0 saturated carbocycles. The molecule has 1 heterocycles. The number of hydrogen-bond acceptors (Lipinski definition) is 6. The van der Waals surface area contributed by atoms with Crippen molar-refractivity contribution in [1.29, 1.82) is 0 Å². The molecule has 0 radical (unpaired) electrons. The highest BCUT2D eigenvalue weighted by atomic mass is 16.6. The maximum absolute atomic E-state index is 12.4. The maximum Gasteiger partial charge on any atom is 0.349 e. The third-order valence-electron chi connectivity index (χ3n) is 3.32. The fourth-order valence-corrected chi connectivity index (χ4v) is 2.23. The zero-order valence-electron chi connectivity index (χ0n) is 11.3. The number of rotatable bonds is 3. The summed E-state index contributed by atoms with van der Waals surface area (Å²) < 4.78 is 5.14. The van der Waals surface area contributed by atoms with E-state index in [4.69, 9.17) is 4.74 Å². The molecule has 1 fully saturated rings. The minimum absolute atomic E-state index is 0.00527. The maximum atomic E-state index is 12.4. The number of hydrogen-bond donors (Lipinski definition) is 0. The summed E-state index contributed by atoms with van der Waals surface area (Å²) >= 11 is 0. The van der Waals surface area contributed by atoms with Gasteiger partial charge in [0.2, 0.25) is 0 Å². The lowest BCUT2D eigenvalue weighted by Crippen LogP contribution is -2.41. The van der Waals surface area contributed by atoms with Gasteiger partial charge in [-0.1, -0.05) is 0 Å². The molecule has 0 atom stereocenters. The molecule has 1 aromatic rings. The van der Waals surface area contributed by atoms with Gasteiger partial charge in [-0.05, 0) is 13.0 Å². The van der Waals surface area contributed by atoms with Crippen molar-refractivity contribution in [3.8, 4) is 0 Å². The lowest BCUT2D eigenvalue weighted by atomic mass is 10.0. The Morgan fingerprint density at radius 2 is 1.81 bits per heavy atom. The highest BCUT2D eigenvalue weighted by Crippen LogP contribution is 2.32. The number of carbonyl (C=O) groups is 1. The monoisotopic (exact) mass is 295 g/mol. The van der Waals surface area contributed by atoms with E-state index < -0.39 is 21.2 Å². The fraction of sp³-hybridized carbons (Fsp3) is 0.417. The van der Waals surface area contributed by atoms with E-state index in [9.17, 15) is 25.0 Å². The van der Waals surface area contributed by atoms with Gasteiger partial charge in [0.15, 0.2) is 0 Å². The van der Waals surface area contributed by atoms with Gasteiger partial charge >= 0.3 is 11.4 Å². The summed E-state index contributed by atoms with van der Waals surface area (Å²) in [5.41, 5.74) is -1.14. The van der Waals surface area contributed by atoms with Crippen LogP contribution >= 0.6 is 0 Å². The van der Waals surface area contributed by atoms with Crippen LogP contribution in [-0.4, -0.2) is 47.0 Å². The zero-order valence-corrected chi connectivity index (χ0v) is 11.3. The van der Waals surface area contributed by atoms with Gasteiger partial charge in [-0.15, -0.1) is 0 Å². The number of nitro benzene ring substituents is 2. The highest BCUT2D eigenvalue weighted by Gasteiger charge is 2.31. The molecule has 1 aliphatic heterocycles. The summed E-state index contributed by atoms with van der Waals surface area (Å²) in [7, 11) is 0. The van der Waals surface area contributed by atoms with Crippen LogP contribution < -0.4 is 0 Å². The summed E-state index contributed by atoms with van der Waals surface area (Å²) in [6.07, 6.45) is 0. The Kier molecular flexibility index (Phi) is 4.13. The topological polar surface area (TPSA) is 116 Å². The van der Waals surface area contributed by atoms with Crippen LogP contribution in [0.2, 0.25) is 0 Å². The van der Waals surface area contributed by atoms with E-state index in [1.165, 1.54) is 17.9 Å². The summed E-state index contributed by atoms with van der Waals surface area (Å²) in [6, 6.07) is 2.26. The summed E-state index contributed by atoms with van der Waals surface area (Å²) in [5, 5.41) is 21.9. The molecule has 0 unspecified atom stereocenters. The molecule has 21 heavy (non-hydrogen) atoms. The van der Waals surface area contributed by atoms with E-state index in [-0.39, 0.29) is 17.0 Å². The quantitative estimate of drug-likeness (QED) is 0.612. The predicted octanol–water partition coefficient (Wildman–Crippen LogP) is 1.28. The van der Waals surface area contributed by atoms with Crippen molar-refractivity contribution in [3.05, 3.63) is 43.5 Å². The summed E-state index contributed by atoms with van der Waals surface area (Å²) in [4.78, 5) is 34.1. The van der Waals surface area contributed by atoms with E-state index in [0.29, 0.717) is 26.3 Å². The molecule has 1 aliphatic rings. The summed E-state index contributed by atoms with van der Waals surface area (Å²) in [6.45, 7) is 2.94. The molecule has 9 nitrogen and oxygen atoms in total. The molecular weight excluding hydrogens is 282 g/mol. The Morgan fingerprint density at radius 1 is 1.19 bits per heavy atom. The normalized spacial score (nSPS) is 14.8. The first kappa shape index (κ1) is 14.9. The van der Waals surface area contributed by atoms with Crippen molar-refractivity contribution in [2.24, 2.45) is 0 Å². The van der Waals surface area contributed by atoms with Gasteiger partial charge in [0, 0.05) is 30.3 Å². The molecule has 1 amide bonds. The minimum atomic E-state index is -0.830. The van der Waals surface area contributed by atoms with Crippen LogP contribution in [0.25, 0.3) is 0 Å². The minimum Gasteiger partial charge on any atom is -0.378 e. The summed E-state index contributed by atoms with van der Waals surface area (Å²) in [5.74, 6) is -0.381. The average Bonchev–Trinajstić information content (AvgIpc) is 2.46. The lowest BCUT2D eigenvalue weighted by molar-refractivity contribution is -0.422. The smallest absolute Gasteiger partial charge is 0.349 e. The number of benzene rings is 1. The van der Waals surface area contributed by atoms with Crippen LogP contribution in [0.3, 0.4) is 0 Å². The Balaban J connectivity index is 2.45. The number of carbonyl (C=O) groups excluding carboxylic acids is 1. The van der Waals surface area contributed by atoms with Crippen molar-refractivity contribution in [2.45, 2.75) is 6.92 Å². The fourth-order valence-electron chi connectivity index (χ4n) is 2.23. The highest BCUT2D eigenvalue weighted by molar-refractivity contribution is 5.97. The van der Waals surface area contributed by atoms with Crippen molar-refractivity contribution >= 4 is 17.3 Å². The molecule has 1 aromatic carbocycles. The molecule has 2 rings (SSSR count). The number of amides is 1. The van der Waals surface area contributed by atoms with Gasteiger partial charge in [0.05, 0.1) is 23.1 Å². The molecular formula is C12H13N3O6. The van der Waals surface area contributed by atoms with Gasteiger partial charge in [0.25, 0.3) is 5.91 Å². The van der Waals surface area contributed by atoms with Gasteiger partial charge in [-0.25, -0.2) is 0 Å². The van der Waals surface area contributed by atoms with Gasteiger partial charge in [-0.3, -0.25) is 25.0 Å². The molecule has 9 heteroatoms. The lowest BCUT2D eigenvalue weighted by Gasteiger charge is -2.27. The van der Waals surface area contributed by atoms with E-state index in [1.54, 1.807) is 0 Å². The van der Waals surface area contributed by atoms with E-state index in [0.717, 1.165) is 6.07 Å². The molecule has 1 saturated heterocycles. The third-order valence-corrected chi connectivity index (χ3v) is 3.32. The standard InChI is InChI=1S/C12H13N3O6/c1-8-9(12(16)13-4-6-21-7-5-13)2-3-10(14(17)18)11(8)15(19)20/h2-3H,4-7H2,1H3. The van der Waals surface area contributed by atoms with Crippen LogP contribution in [0.15, 0.2) is 12.1 Å². The second kappa shape index (κ2) is 5.83. The first-order chi connectivity index (χ1) is 9.93. The molecule has 0 aromatic heterocycles. The van der Waals surface area contributed by atoms with Crippen molar-refractivity contribution in [1.82, 2.24) is 4.90 Å². The molecule has 0 bridgehead atoms. The van der Waals surface area contributed by atoms with Crippen molar-refractivity contribution in [2.75, 3.05) is 26.3 Å². The number of nitro groups is 2. The Bertz CT molecular complexity index is 609. The predicted molar refractivity (Wildman–Crippen MR) is 71.2 cm³/mol. The largest absolute Gasteiger partial charge is 0.378 e. The first-order valence-corrected chi connectivity index (χ1v) is 6.23. The molecule has 112 valence electrons. The Morgan fingerprint density at radius 3 is 2.33 bits per heavy atom. The van der Waals surface area contributed by atoms with Crippen LogP contribution in [0, 0.1) is 27.2 Å². The van der Waals surface area contributed by atoms with Crippen molar-refractivity contribution in [3.63, 3.8) is 0 Å². The van der Waals surface area contributed by atoms with Gasteiger partial charge < -0.3 is 9.64 Å². The van der Waals surface area contributed by atoms with Crippen molar-refractivity contribution < 1.29 is 19.4 Å².